The van der Waals surface area contributed by atoms with E-state index in [9.17, 15) is 14.0 Å². The Morgan fingerprint density at radius 2 is 1.93 bits per heavy atom. The minimum atomic E-state index is -0.579. The molecule has 0 saturated heterocycles. The Labute approximate surface area is 152 Å². The van der Waals surface area contributed by atoms with Crippen molar-refractivity contribution in [1.29, 1.82) is 0 Å². The van der Waals surface area contributed by atoms with E-state index in [2.05, 4.69) is 15.1 Å². The van der Waals surface area contributed by atoms with Crippen molar-refractivity contribution in [3.63, 3.8) is 0 Å². The highest BCUT2D eigenvalue weighted by Gasteiger charge is 2.21. The van der Waals surface area contributed by atoms with Gasteiger partial charge in [0.25, 0.3) is 5.56 Å². The van der Waals surface area contributed by atoms with Crippen LogP contribution in [0.25, 0.3) is 17.1 Å². The summed E-state index contributed by atoms with van der Waals surface area (Å²) in [7, 11) is 1.52. The van der Waals surface area contributed by atoms with Crippen LogP contribution >= 0.6 is 0 Å². The molecule has 3 aromatic heterocycles. The van der Waals surface area contributed by atoms with Gasteiger partial charge in [-0.2, -0.15) is 10.1 Å². The summed E-state index contributed by atoms with van der Waals surface area (Å²) in [5, 5.41) is 4.42. The monoisotopic (exact) mass is 368 g/mol. The van der Waals surface area contributed by atoms with E-state index in [1.54, 1.807) is 27.4 Å². The van der Waals surface area contributed by atoms with Gasteiger partial charge in [-0.15, -0.1) is 0 Å². The standard InChI is InChI=1S/C18H17FN6O2/c1-10-8-11(2)25(22-10)17-20-15-14(16(26)21-18(27)23(15)3)24(17)9-12-6-4-5-7-13(12)19/h4-8H,9H2,1-3H3,(H,21,26,27). The molecule has 0 aliphatic carbocycles. The predicted octanol–water partition coefficient (Wildman–Crippen LogP) is 1.41. The van der Waals surface area contributed by atoms with Gasteiger partial charge in [0, 0.05) is 18.3 Å². The number of aromatic amines is 1. The third kappa shape index (κ3) is 2.67. The van der Waals surface area contributed by atoms with Crippen LogP contribution in [-0.4, -0.2) is 28.9 Å². The Balaban J connectivity index is 2.08. The summed E-state index contributed by atoms with van der Waals surface area (Å²) in [4.78, 5) is 31.3. The molecule has 4 rings (SSSR count). The lowest BCUT2D eigenvalue weighted by molar-refractivity contribution is 0.596. The number of rotatable bonds is 3. The van der Waals surface area contributed by atoms with Gasteiger partial charge in [0.05, 0.1) is 12.2 Å². The molecule has 0 fully saturated rings. The van der Waals surface area contributed by atoms with Crippen LogP contribution in [0.15, 0.2) is 39.9 Å². The molecule has 0 saturated carbocycles. The van der Waals surface area contributed by atoms with Crippen molar-refractivity contribution in [2.45, 2.75) is 20.4 Å². The molecule has 0 bridgehead atoms. The number of aromatic nitrogens is 6. The smallest absolute Gasteiger partial charge is 0.298 e. The van der Waals surface area contributed by atoms with Crippen LogP contribution in [0.2, 0.25) is 0 Å². The molecule has 3 heterocycles. The Morgan fingerprint density at radius 3 is 2.59 bits per heavy atom. The highest BCUT2D eigenvalue weighted by molar-refractivity contribution is 5.72. The highest BCUT2D eigenvalue weighted by Crippen LogP contribution is 2.19. The molecule has 0 amide bonds. The highest BCUT2D eigenvalue weighted by atomic mass is 19.1. The largest absolute Gasteiger partial charge is 0.329 e. The van der Waals surface area contributed by atoms with Crippen molar-refractivity contribution in [2.75, 3.05) is 0 Å². The van der Waals surface area contributed by atoms with Crippen LogP contribution in [0.4, 0.5) is 4.39 Å². The maximum absolute atomic E-state index is 14.2. The number of nitrogens with one attached hydrogen (secondary N) is 1. The van der Waals surface area contributed by atoms with E-state index in [0.29, 0.717) is 11.5 Å². The lowest BCUT2D eigenvalue weighted by Gasteiger charge is -2.10. The van der Waals surface area contributed by atoms with Gasteiger partial charge in [0.15, 0.2) is 11.2 Å². The summed E-state index contributed by atoms with van der Waals surface area (Å²) in [6, 6.07) is 8.19. The first-order valence-electron chi connectivity index (χ1n) is 8.33. The van der Waals surface area contributed by atoms with Crippen LogP contribution in [-0.2, 0) is 13.6 Å². The van der Waals surface area contributed by atoms with Gasteiger partial charge in [-0.3, -0.25) is 18.9 Å². The lowest BCUT2D eigenvalue weighted by atomic mass is 10.2. The Hall–Kier alpha value is -3.49. The zero-order chi connectivity index (χ0) is 19.3. The zero-order valence-corrected chi connectivity index (χ0v) is 15.0. The van der Waals surface area contributed by atoms with Crippen LogP contribution in [0.3, 0.4) is 0 Å². The number of hydrogen-bond donors (Lipinski definition) is 1. The molecule has 0 atom stereocenters. The second-order valence-corrected chi connectivity index (χ2v) is 6.42. The summed E-state index contributed by atoms with van der Waals surface area (Å²) in [6.45, 7) is 3.77. The van der Waals surface area contributed by atoms with E-state index in [4.69, 9.17) is 0 Å². The van der Waals surface area contributed by atoms with Crippen molar-refractivity contribution in [3.05, 3.63) is 73.9 Å². The van der Waals surface area contributed by atoms with Crippen molar-refractivity contribution < 1.29 is 4.39 Å². The Kier molecular flexibility index (Phi) is 3.79. The maximum atomic E-state index is 14.2. The number of hydrogen-bond acceptors (Lipinski definition) is 4. The first-order valence-corrected chi connectivity index (χ1v) is 8.33. The molecular weight excluding hydrogens is 351 g/mol. The number of aryl methyl sites for hydroxylation is 3. The van der Waals surface area contributed by atoms with Crippen molar-refractivity contribution in [2.24, 2.45) is 7.05 Å². The fraction of sp³-hybridized carbons (Fsp3) is 0.222. The second kappa shape index (κ2) is 6.04. The number of fused-ring (bicyclic) bond motifs is 1. The molecule has 0 spiro atoms. The number of halogens is 1. The average molecular weight is 368 g/mol. The molecule has 1 N–H and O–H groups in total. The number of nitrogens with zero attached hydrogens (tertiary/aromatic N) is 5. The Morgan fingerprint density at radius 1 is 1.19 bits per heavy atom. The van der Waals surface area contributed by atoms with E-state index in [-0.39, 0.29) is 23.5 Å². The third-order valence-corrected chi connectivity index (χ3v) is 4.47. The lowest BCUT2D eigenvalue weighted by Crippen LogP contribution is -2.29. The van der Waals surface area contributed by atoms with E-state index in [1.165, 1.54) is 17.7 Å². The van der Waals surface area contributed by atoms with E-state index < -0.39 is 11.2 Å². The quantitative estimate of drug-likeness (QED) is 0.592. The first kappa shape index (κ1) is 17.0. The van der Waals surface area contributed by atoms with Crippen molar-refractivity contribution >= 4 is 11.2 Å². The summed E-state index contributed by atoms with van der Waals surface area (Å²) in [6.07, 6.45) is 0. The molecule has 1 aromatic carbocycles. The molecule has 0 unspecified atom stereocenters. The first-order chi connectivity index (χ1) is 12.9. The summed E-state index contributed by atoms with van der Waals surface area (Å²) in [5.41, 5.74) is 1.23. The SMILES string of the molecule is Cc1cc(C)n(-c2nc3c(c(=O)[nH]c(=O)n3C)n2Cc2ccccc2F)n1. The summed E-state index contributed by atoms with van der Waals surface area (Å²) in [5.74, 6) is -0.0505. The van der Waals surface area contributed by atoms with Gasteiger partial charge >= 0.3 is 5.69 Å². The zero-order valence-electron chi connectivity index (χ0n) is 15.0. The van der Waals surface area contributed by atoms with Gasteiger partial charge in [0.2, 0.25) is 5.95 Å². The van der Waals surface area contributed by atoms with Crippen molar-refractivity contribution in [3.8, 4) is 5.95 Å². The summed E-state index contributed by atoms with van der Waals surface area (Å²) < 4.78 is 18.7. The van der Waals surface area contributed by atoms with Gasteiger partial charge in [-0.1, -0.05) is 18.2 Å². The normalized spacial score (nSPS) is 11.4. The average Bonchev–Trinajstić information content (AvgIpc) is 3.15. The fourth-order valence-corrected chi connectivity index (χ4v) is 3.16. The Bertz CT molecular complexity index is 1290. The minimum absolute atomic E-state index is 0.0676. The van der Waals surface area contributed by atoms with Crippen molar-refractivity contribution in [1.82, 2.24) is 28.9 Å². The number of imidazole rings is 1. The van der Waals surface area contributed by atoms with Gasteiger partial charge in [0.1, 0.15) is 5.82 Å². The van der Waals surface area contributed by atoms with Crippen LogP contribution in [0.1, 0.15) is 17.0 Å². The van der Waals surface area contributed by atoms with Crippen LogP contribution in [0, 0.1) is 19.7 Å². The van der Waals surface area contributed by atoms with E-state index in [0.717, 1.165) is 11.4 Å². The minimum Gasteiger partial charge on any atom is -0.298 e. The molecule has 138 valence electrons. The molecule has 9 heteroatoms. The van der Waals surface area contributed by atoms with E-state index >= 15 is 0 Å². The van der Waals surface area contributed by atoms with Crippen LogP contribution in [0.5, 0.6) is 0 Å². The van der Waals surface area contributed by atoms with Gasteiger partial charge in [-0.25, -0.2) is 13.9 Å². The number of benzene rings is 1. The number of H-pyrrole nitrogens is 1. The van der Waals surface area contributed by atoms with Crippen LogP contribution < -0.4 is 11.2 Å². The molecule has 8 nitrogen and oxygen atoms in total. The molecule has 0 radical (unpaired) electrons. The third-order valence-electron chi connectivity index (χ3n) is 4.47. The topological polar surface area (TPSA) is 90.5 Å². The second-order valence-electron chi connectivity index (χ2n) is 6.42. The maximum Gasteiger partial charge on any atom is 0.329 e. The molecular formula is C18H17FN6O2. The summed E-state index contributed by atoms with van der Waals surface area (Å²) >= 11 is 0. The fourth-order valence-electron chi connectivity index (χ4n) is 3.16. The van der Waals surface area contributed by atoms with Gasteiger partial charge < -0.3 is 0 Å². The molecule has 0 aliphatic rings. The van der Waals surface area contributed by atoms with Gasteiger partial charge in [-0.05, 0) is 26.0 Å². The molecule has 27 heavy (non-hydrogen) atoms. The molecule has 0 aliphatic heterocycles. The predicted molar refractivity (Wildman–Crippen MR) is 97.7 cm³/mol. The van der Waals surface area contributed by atoms with E-state index in [1.807, 2.05) is 19.9 Å². The molecule has 4 aromatic rings.